The molecule has 1 heterocycles. The summed E-state index contributed by atoms with van der Waals surface area (Å²) in [4.78, 5) is 4.65. The van der Waals surface area contributed by atoms with E-state index in [0.717, 1.165) is 17.2 Å². The standard InChI is InChI=1S/C13H16N2S/c1-9-5-4-6-10(2)12(9)13-15-11(7-14-3)8-16-13/h4-6,8,14H,7H2,1-3H3. The quantitative estimate of drug-likeness (QED) is 0.879. The van der Waals surface area contributed by atoms with Gasteiger partial charge in [-0.1, -0.05) is 18.2 Å². The molecule has 84 valence electrons. The number of nitrogens with zero attached hydrogens (tertiary/aromatic N) is 1. The Hall–Kier alpha value is -1.19. The van der Waals surface area contributed by atoms with Crippen molar-refractivity contribution in [2.75, 3.05) is 7.05 Å². The van der Waals surface area contributed by atoms with Gasteiger partial charge >= 0.3 is 0 Å². The van der Waals surface area contributed by atoms with E-state index in [-0.39, 0.29) is 0 Å². The molecule has 3 heteroatoms. The van der Waals surface area contributed by atoms with Crippen molar-refractivity contribution in [1.82, 2.24) is 10.3 Å². The molecule has 0 unspecified atom stereocenters. The third kappa shape index (κ3) is 2.15. The summed E-state index contributed by atoms with van der Waals surface area (Å²) in [5.74, 6) is 0. The fourth-order valence-corrected chi connectivity index (χ4v) is 2.83. The fourth-order valence-electron chi connectivity index (χ4n) is 1.84. The first-order valence-electron chi connectivity index (χ1n) is 5.38. The van der Waals surface area contributed by atoms with E-state index >= 15 is 0 Å². The number of thiazole rings is 1. The summed E-state index contributed by atoms with van der Waals surface area (Å²) < 4.78 is 0. The minimum absolute atomic E-state index is 0.835. The van der Waals surface area contributed by atoms with Gasteiger partial charge in [-0.3, -0.25) is 0 Å². The SMILES string of the molecule is CNCc1csc(-c2c(C)cccc2C)n1. The summed E-state index contributed by atoms with van der Waals surface area (Å²) in [6, 6.07) is 6.37. The molecule has 2 nitrogen and oxygen atoms in total. The van der Waals surface area contributed by atoms with Gasteiger partial charge in [-0.2, -0.15) is 0 Å². The van der Waals surface area contributed by atoms with Crippen molar-refractivity contribution in [2.45, 2.75) is 20.4 Å². The number of benzene rings is 1. The van der Waals surface area contributed by atoms with Gasteiger partial charge in [0.2, 0.25) is 0 Å². The van der Waals surface area contributed by atoms with Crippen molar-refractivity contribution in [2.24, 2.45) is 0 Å². The van der Waals surface area contributed by atoms with Crippen molar-refractivity contribution in [3.05, 3.63) is 40.4 Å². The molecule has 0 aliphatic rings. The molecule has 16 heavy (non-hydrogen) atoms. The normalized spacial score (nSPS) is 10.7. The number of rotatable bonds is 3. The van der Waals surface area contributed by atoms with E-state index in [1.807, 2.05) is 7.05 Å². The molecule has 0 saturated carbocycles. The molecular formula is C13H16N2S. The molecule has 0 aliphatic heterocycles. The van der Waals surface area contributed by atoms with Crippen molar-refractivity contribution in [3.8, 4) is 10.6 Å². The third-order valence-corrected chi connectivity index (χ3v) is 3.51. The van der Waals surface area contributed by atoms with Crippen molar-refractivity contribution in [1.29, 1.82) is 0 Å². The smallest absolute Gasteiger partial charge is 0.124 e. The van der Waals surface area contributed by atoms with Crippen LogP contribution in [0.1, 0.15) is 16.8 Å². The highest BCUT2D eigenvalue weighted by Gasteiger charge is 2.09. The Labute approximate surface area is 100 Å². The van der Waals surface area contributed by atoms with E-state index in [1.54, 1.807) is 11.3 Å². The summed E-state index contributed by atoms with van der Waals surface area (Å²) in [5.41, 5.74) is 5.00. The van der Waals surface area contributed by atoms with Gasteiger partial charge in [0.15, 0.2) is 0 Å². The number of hydrogen-bond donors (Lipinski definition) is 1. The van der Waals surface area contributed by atoms with Crippen molar-refractivity contribution >= 4 is 11.3 Å². The van der Waals surface area contributed by atoms with Gasteiger partial charge in [0.1, 0.15) is 5.01 Å². The summed E-state index contributed by atoms with van der Waals surface area (Å²) in [6.45, 7) is 5.12. The molecule has 1 aromatic carbocycles. The summed E-state index contributed by atoms with van der Waals surface area (Å²) >= 11 is 1.72. The lowest BCUT2D eigenvalue weighted by Gasteiger charge is -2.05. The lowest BCUT2D eigenvalue weighted by Crippen LogP contribution is -2.05. The molecule has 0 amide bonds. The molecule has 0 bridgehead atoms. The fraction of sp³-hybridized carbons (Fsp3) is 0.308. The molecular weight excluding hydrogens is 216 g/mol. The van der Waals surface area contributed by atoms with Gasteiger partial charge in [-0.15, -0.1) is 11.3 Å². The summed E-state index contributed by atoms with van der Waals surface area (Å²) in [5, 5.41) is 6.37. The van der Waals surface area contributed by atoms with Crippen LogP contribution >= 0.6 is 11.3 Å². The Morgan fingerprint density at radius 1 is 1.25 bits per heavy atom. The monoisotopic (exact) mass is 232 g/mol. The molecule has 0 saturated heterocycles. The summed E-state index contributed by atoms with van der Waals surface area (Å²) in [6.07, 6.45) is 0. The van der Waals surface area contributed by atoms with E-state index in [0.29, 0.717) is 0 Å². The third-order valence-electron chi connectivity index (χ3n) is 2.60. The topological polar surface area (TPSA) is 24.9 Å². The highest BCUT2D eigenvalue weighted by atomic mass is 32.1. The number of nitrogens with one attached hydrogen (secondary N) is 1. The number of aryl methyl sites for hydroxylation is 2. The van der Waals surface area contributed by atoms with E-state index in [1.165, 1.54) is 16.7 Å². The average molecular weight is 232 g/mol. The second kappa shape index (κ2) is 4.76. The number of aromatic nitrogens is 1. The van der Waals surface area contributed by atoms with Crippen LogP contribution in [-0.2, 0) is 6.54 Å². The van der Waals surface area contributed by atoms with Crippen LogP contribution in [0.25, 0.3) is 10.6 Å². The second-order valence-corrected chi connectivity index (χ2v) is 4.80. The van der Waals surface area contributed by atoms with Crippen LogP contribution in [0.2, 0.25) is 0 Å². The number of hydrogen-bond acceptors (Lipinski definition) is 3. The molecule has 2 aromatic rings. The van der Waals surface area contributed by atoms with Gasteiger partial charge in [0.25, 0.3) is 0 Å². The maximum atomic E-state index is 4.65. The van der Waals surface area contributed by atoms with Gasteiger partial charge in [0.05, 0.1) is 5.69 Å². The molecule has 0 aliphatic carbocycles. The maximum Gasteiger partial charge on any atom is 0.124 e. The first kappa shape index (κ1) is 11.3. The van der Waals surface area contributed by atoms with Crippen LogP contribution in [0.3, 0.4) is 0 Å². The predicted molar refractivity (Wildman–Crippen MR) is 69.8 cm³/mol. The van der Waals surface area contributed by atoms with E-state index in [2.05, 4.69) is 47.7 Å². The van der Waals surface area contributed by atoms with E-state index < -0.39 is 0 Å². The zero-order chi connectivity index (χ0) is 11.5. The van der Waals surface area contributed by atoms with Crippen LogP contribution < -0.4 is 5.32 Å². The Kier molecular flexibility index (Phi) is 3.36. The lowest BCUT2D eigenvalue weighted by atomic mass is 10.0. The van der Waals surface area contributed by atoms with Crippen LogP contribution in [-0.4, -0.2) is 12.0 Å². The highest BCUT2D eigenvalue weighted by Crippen LogP contribution is 2.29. The molecule has 0 radical (unpaired) electrons. The Bertz CT molecular complexity index is 468. The highest BCUT2D eigenvalue weighted by molar-refractivity contribution is 7.13. The van der Waals surface area contributed by atoms with Crippen LogP contribution in [0.5, 0.6) is 0 Å². The second-order valence-electron chi connectivity index (χ2n) is 3.94. The molecule has 0 fully saturated rings. The van der Waals surface area contributed by atoms with Gasteiger partial charge in [-0.25, -0.2) is 4.98 Å². The summed E-state index contributed by atoms with van der Waals surface area (Å²) in [7, 11) is 1.94. The first-order valence-corrected chi connectivity index (χ1v) is 6.26. The predicted octanol–water partition coefficient (Wildman–Crippen LogP) is 3.15. The molecule has 0 spiro atoms. The van der Waals surface area contributed by atoms with Crippen molar-refractivity contribution in [3.63, 3.8) is 0 Å². The van der Waals surface area contributed by atoms with Crippen molar-refractivity contribution < 1.29 is 0 Å². The van der Waals surface area contributed by atoms with E-state index in [4.69, 9.17) is 0 Å². The minimum Gasteiger partial charge on any atom is -0.314 e. The maximum absolute atomic E-state index is 4.65. The van der Waals surface area contributed by atoms with Crippen LogP contribution in [0.4, 0.5) is 0 Å². The van der Waals surface area contributed by atoms with Crippen LogP contribution in [0.15, 0.2) is 23.6 Å². The van der Waals surface area contributed by atoms with E-state index in [9.17, 15) is 0 Å². The zero-order valence-corrected chi connectivity index (χ0v) is 10.7. The Morgan fingerprint density at radius 3 is 2.56 bits per heavy atom. The molecule has 1 N–H and O–H groups in total. The average Bonchev–Trinajstić information content (AvgIpc) is 2.67. The van der Waals surface area contributed by atoms with Gasteiger partial charge in [-0.05, 0) is 32.0 Å². The Balaban J connectivity index is 2.42. The van der Waals surface area contributed by atoms with Gasteiger partial charge in [0, 0.05) is 17.5 Å². The lowest BCUT2D eigenvalue weighted by molar-refractivity contribution is 0.798. The first-order chi connectivity index (χ1) is 7.72. The largest absolute Gasteiger partial charge is 0.314 e. The van der Waals surface area contributed by atoms with Gasteiger partial charge < -0.3 is 5.32 Å². The molecule has 0 atom stereocenters. The molecule has 1 aromatic heterocycles. The minimum atomic E-state index is 0.835. The Morgan fingerprint density at radius 2 is 1.94 bits per heavy atom. The molecule has 2 rings (SSSR count). The van der Waals surface area contributed by atoms with Crippen LogP contribution in [0, 0.1) is 13.8 Å². The zero-order valence-electron chi connectivity index (χ0n) is 9.87.